The number of methoxy groups -OCH3 is 1. The molecule has 0 aliphatic rings. The third-order valence-electron chi connectivity index (χ3n) is 1.91. The standard InChI is InChI=1S/C10H11N3OS/c1-14-9-2-3-10(12-5-9)11-4-8-6-15-7-13-8/h2-3,5-7H,4H2,1H3,(H,11,12). The summed E-state index contributed by atoms with van der Waals surface area (Å²) in [4.78, 5) is 8.36. The zero-order valence-electron chi connectivity index (χ0n) is 8.30. The highest BCUT2D eigenvalue weighted by atomic mass is 32.1. The molecule has 1 N–H and O–H groups in total. The average molecular weight is 221 g/mol. The van der Waals surface area contributed by atoms with Crippen LogP contribution in [0.25, 0.3) is 0 Å². The summed E-state index contributed by atoms with van der Waals surface area (Å²) in [6.07, 6.45) is 1.68. The van der Waals surface area contributed by atoms with E-state index in [4.69, 9.17) is 4.74 Å². The van der Waals surface area contributed by atoms with Crippen LogP contribution in [0.2, 0.25) is 0 Å². The molecular formula is C10H11N3OS. The van der Waals surface area contributed by atoms with Crippen molar-refractivity contribution < 1.29 is 4.74 Å². The molecule has 0 bridgehead atoms. The second kappa shape index (κ2) is 4.75. The number of nitrogens with one attached hydrogen (secondary N) is 1. The molecule has 2 aromatic heterocycles. The molecule has 0 fully saturated rings. The zero-order valence-corrected chi connectivity index (χ0v) is 9.12. The van der Waals surface area contributed by atoms with Gasteiger partial charge in [0, 0.05) is 5.38 Å². The van der Waals surface area contributed by atoms with Crippen LogP contribution in [0, 0.1) is 0 Å². The highest BCUT2D eigenvalue weighted by molar-refractivity contribution is 7.07. The first kappa shape index (κ1) is 9.92. The van der Waals surface area contributed by atoms with Gasteiger partial charge in [0.1, 0.15) is 11.6 Å². The molecule has 0 aromatic carbocycles. The maximum atomic E-state index is 5.02. The van der Waals surface area contributed by atoms with Crippen LogP contribution < -0.4 is 10.1 Å². The minimum Gasteiger partial charge on any atom is -0.495 e. The maximum absolute atomic E-state index is 5.02. The van der Waals surface area contributed by atoms with Crippen LogP contribution in [0.4, 0.5) is 5.82 Å². The van der Waals surface area contributed by atoms with Gasteiger partial charge in [0.15, 0.2) is 0 Å². The molecule has 0 amide bonds. The molecule has 0 aliphatic carbocycles. The number of thiazole rings is 1. The van der Waals surface area contributed by atoms with E-state index < -0.39 is 0 Å². The second-order valence-electron chi connectivity index (χ2n) is 2.92. The van der Waals surface area contributed by atoms with E-state index in [1.165, 1.54) is 0 Å². The van der Waals surface area contributed by atoms with Gasteiger partial charge < -0.3 is 10.1 Å². The fourth-order valence-corrected chi connectivity index (χ4v) is 1.67. The predicted molar refractivity (Wildman–Crippen MR) is 60.2 cm³/mol. The Morgan fingerprint density at radius 1 is 1.40 bits per heavy atom. The predicted octanol–water partition coefficient (Wildman–Crippen LogP) is 2.16. The molecule has 15 heavy (non-hydrogen) atoms. The van der Waals surface area contributed by atoms with Crippen molar-refractivity contribution in [3.05, 3.63) is 34.9 Å². The van der Waals surface area contributed by atoms with Crippen LogP contribution in [0.15, 0.2) is 29.2 Å². The van der Waals surface area contributed by atoms with Gasteiger partial charge in [-0.1, -0.05) is 0 Å². The van der Waals surface area contributed by atoms with E-state index in [9.17, 15) is 0 Å². The van der Waals surface area contributed by atoms with Crippen LogP contribution in [0.1, 0.15) is 5.69 Å². The van der Waals surface area contributed by atoms with Gasteiger partial charge in [0.2, 0.25) is 0 Å². The number of pyridine rings is 1. The number of nitrogens with zero attached hydrogens (tertiary/aromatic N) is 2. The van der Waals surface area contributed by atoms with Crippen molar-refractivity contribution in [3.63, 3.8) is 0 Å². The van der Waals surface area contributed by atoms with E-state index in [0.717, 1.165) is 17.3 Å². The summed E-state index contributed by atoms with van der Waals surface area (Å²) in [5.41, 5.74) is 2.84. The molecule has 0 saturated heterocycles. The maximum Gasteiger partial charge on any atom is 0.137 e. The SMILES string of the molecule is COc1ccc(NCc2cscn2)nc1. The first-order valence-electron chi connectivity index (χ1n) is 4.49. The fraction of sp³-hybridized carbons (Fsp3) is 0.200. The Bertz CT molecular complexity index is 399. The lowest BCUT2D eigenvalue weighted by atomic mass is 10.4. The Morgan fingerprint density at radius 2 is 2.33 bits per heavy atom. The van der Waals surface area contributed by atoms with Gasteiger partial charge in [-0.25, -0.2) is 9.97 Å². The van der Waals surface area contributed by atoms with E-state index in [1.807, 2.05) is 23.0 Å². The van der Waals surface area contributed by atoms with Crippen LogP contribution in [-0.4, -0.2) is 17.1 Å². The van der Waals surface area contributed by atoms with E-state index in [0.29, 0.717) is 6.54 Å². The van der Waals surface area contributed by atoms with E-state index in [2.05, 4.69) is 15.3 Å². The topological polar surface area (TPSA) is 47.0 Å². The Labute approximate surface area is 92.0 Å². The second-order valence-corrected chi connectivity index (χ2v) is 3.64. The lowest BCUT2D eigenvalue weighted by molar-refractivity contribution is 0.413. The summed E-state index contributed by atoms with van der Waals surface area (Å²) < 4.78 is 5.02. The molecular weight excluding hydrogens is 210 g/mol. The van der Waals surface area contributed by atoms with E-state index >= 15 is 0 Å². The van der Waals surface area contributed by atoms with Crippen molar-refractivity contribution in [2.24, 2.45) is 0 Å². The molecule has 2 heterocycles. The molecule has 4 nitrogen and oxygen atoms in total. The molecule has 0 radical (unpaired) electrons. The molecule has 78 valence electrons. The molecule has 0 atom stereocenters. The first-order valence-corrected chi connectivity index (χ1v) is 5.44. The summed E-state index contributed by atoms with van der Waals surface area (Å²) in [6.45, 7) is 0.697. The molecule has 5 heteroatoms. The summed E-state index contributed by atoms with van der Waals surface area (Å²) in [6, 6.07) is 3.75. The van der Waals surface area contributed by atoms with Crippen LogP contribution in [0.3, 0.4) is 0 Å². The number of ether oxygens (including phenoxy) is 1. The number of anilines is 1. The molecule has 2 rings (SSSR count). The van der Waals surface area contributed by atoms with Gasteiger partial charge in [-0.05, 0) is 12.1 Å². The number of aromatic nitrogens is 2. The summed E-state index contributed by atoms with van der Waals surface area (Å²) in [5, 5.41) is 5.19. The Morgan fingerprint density at radius 3 is 2.93 bits per heavy atom. The van der Waals surface area contributed by atoms with Crippen molar-refractivity contribution >= 4 is 17.2 Å². The molecule has 0 unspecified atom stereocenters. The van der Waals surface area contributed by atoms with Crippen molar-refractivity contribution in [2.75, 3.05) is 12.4 Å². The van der Waals surface area contributed by atoms with Gasteiger partial charge in [0.05, 0.1) is 31.1 Å². The van der Waals surface area contributed by atoms with Crippen molar-refractivity contribution in [3.8, 4) is 5.75 Å². The van der Waals surface area contributed by atoms with Gasteiger partial charge in [-0.3, -0.25) is 0 Å². The Kier molecular flexibility index (Phi) is 3.14. The Hall–Kier alpha value is -1.62. The molecule has 0 aliphatic heterocycles. The van der Waals surface area contributed by atoms with Crippen molar-refractivity contribution in [1.29, 1.82) is 0 Å². The minimum atomic E-state index is 0.697. The number of hydrogen-bond acceptors (Lipinski definition) is 5. The number of rotatable bonds is 4. The van der Waals surface area contributed by atoms with Crippen LogP contribution >= 0.6 is 11.3 Å². The van der Waals surface area contributed by atoms with Crippen molar-refractivity contribution in [2.45, 2.75) is 6.54 Å². The van der Waals surface area contributed by atoms with Gasteiger partial charge in [-0.2, -0.15) is 0 Å². The summed E-state index contributed by atoms with van der Waals surface area (Å²) in [5.74, 6) is 1.58. The normalized spacial score (nSPS) is 9.93. The zero-order chi connectivity index (χ0) is 10.5. The average Bonchev–Trinajstić information content (AvgIpc) is 2.80. The van der Waals surface area contributed by atoms with Gasteiger partial charge >= 0.3 is 0 Å². The minimum absolute atomic E-state index is 0.697. The van der Waals surface area contributed by atoms with Gasteiger partial charge in [0.25, 0.3) is 0 Å². The first-order chi connectivity index (χ1) is 7.38. The fourth-order valence-electron chi connectivity index (χ4n) is 1.11. The highest BCUT2D eigenvalue weighted by Crippen LogP contribution is 2.12. The van der Waals surface area contributed by atoms with Gasteiger partial charge in [-0.15, -0.1) is 11.3 Å². The smallest absolute Gasteiger partial charge is 0.137 e. The lowest BCUT2D eigenvalue weighted by Crippen LogP contribution is -2.01. The number of hydrogen-bond donors (Lipinski definition) is 1. The van der Waals surface area contributed by atoms with Crippen molar-refractivity contribution in [1.82, 2.24) is 9.97 Å². The van der Waals surface area contributed by atoms with Crippen LogP contribution in [-0.2, 0) is 6.54 Å². The van der Waals surface area contributed by atoms with Crippen LogP contribution in [0.5, 0.6) is 5.75 Å². The molecule has 2 aromatic rings. The monoisotopic (exact) mass is 221 g/mol. The third kappa shape index (κ3) is 2.66. The van der Waals surface area contributed by atoms with E-state index in [1.54, 1.807) is 24.6 Å². The Balaban J connectivity index is 1.93. The third-order valence-corrected chi connectivity index (χ3v) is 2.54. The largest absolute Gasteiger partial charge is 0.495 e. The lowest BCUT2D eigenvalue weighted by Gasteiger charge is -2.04. The molecule has 0 spiro atoms. The quantitative estimate of drug-likeness (QED) is 0.859. The summed E-state index contributed by atoms with van der Waals surface area (Å²) in [7, 11) is 1.62. The summed E-state index contributed by atoms with van der Waals surface area (Å²) >= 11 is 1.59. The highest BCUT2D eigenvalue weighted by Gasteiger charge is 1.97. The molecule has 0 saturated carbocycles. The van der Waals surface area contributed by atoms with E-state index in [-0.39, 0.29) is 0 Å².